The lowest BCUT2D eigenvalue weighted by Gasteiger charge is -2.14. The van der Waals surface area contributed by atoms with Crippen LogP contribution in [0.1, 0.15) is 19.4 Å². The van der Waals surface area contributed by atoms with Crippen molar-refractivity contribution in [1.82, 2.24) is 5.32 Å². The van der Waals surface area contributed by atoms with Crippen LogP contribution >= 0.6 is 12.2 Å². The van der Waals surface area contributed by atoms with E-state index in [1.54, 1.807) is 31.2 Å². The monoisotopic (exact) mass is 252 g/mol. The number of amides is 1. The first-order valence-corrected chi connectivity index (χ1v) is 5.79. The fourth-order valence-electron chi connectivity index (χ4n) is 1.30. The summed E-state index contributed by atoms with van der Waals surface area (Å²) < 4.78 is 5.49. The van der Waals surface area contributed by atoms with Gasteiger partial charge < -0.3 is 15.8 Å². The predicted octanol–water partition coefficient (Wildman–Crippen LogP) is 1.22. The van der Waals surface area contributed by atoms with Crippen molar-refractivity contribution in [2.45, 2.75) is 20.0 Å². The van der Waals surface area contributed by atoms with E-state index in [-0.39, 0.29) is 5.91 Å². The van der Waals surface area contributed by atoms with Crippen LogP contribution < -0.4 is 15.8 Å². The summed E-state index contributed by atoms with van der Waals surface area (Å²) in [6, 6.07) is 7.07. The topological polar surface area (TPSA) is 64.3 Å². The second-order valence-corrected chi connectivity index (χ2v) is 3.99. The van der Waals surface area contributed by atoms with Crippen LogP contribution in [0.5, 0.6) is 5.75 Å². The maximum Gasteiger partial charge on any atom is 0.260 e. The Morgan fingerprint density at radius 3 is 2.88 bits per heavy atom. The van der Waals surface area contributed by atoms with Gasteiger partial charge in [-0.25, -0.2) is 0 Å². The van der Waals surface area contributed by atoms with Gasteiger partial charge in [0.05, 0.1) is 0 Å². The van der Waals surface area contributed by atoms with Gasteiger partial charge in [0.25, 0.3) is 5.91 Å². The van der Waals surface area contributed by atoms with E-state index in [0.29, 0.717) is 17.3 Å². The SMILES string of the molecule is CCNC(=O)C(C)Oc1cccc(C(N)=S)c1. The normalized spacial score (nSPS) is 11.6. The minimum Gasteiger partial charge on any atom is -0.481 e. The van der Waals surface area contributed by atoms with Crippen molar-refractivity contribution in [3.05, 3.63) is 29.8 Å². The molecule has 0 aliphatic carbocycles. The fourth-order valence-corrected chi connectivity index (χ4v) is 1.43. The molecule has 0 aliphatic rings. The summed E-state index contributed by atoms with van der Waals surface area (Å²) in [6.07, 6.45) is -0.545. The maximum absolute atomic E-state index is 11.5. The molecule has 0 saturated heterocycles. The van der Waals surface area contributed by atoms with Gasteiger partial charge in [0.1, 0.15) is 10.7 Å². The molecule has 0 saturated carbocycles. The Hall–Kier alpha value is -1.62. The van der Waals surface area contributed by atoms with Crippen LogP contribution in [0.3, 0.4) is 0 Å². The minimum absolute atomic E-state index is 0.145. The average molecular weight is 252 g/mol. The summed E-state index contributed by atoms with van der Waals surface area (Å²) in [6.45, 7) is 4.13. The lowest BCUT2D eigenvalue weighted by Crippen LogP contribution is -2.36. The number of carbonyl (C=O) groups excluding carboxylic acids is 1. The molecule has 1 aromatic carbocycles. The van der Waals surface area contributed by atoms with Crippen LogP contribution in [0, 0.1) is 0 Å². The van der Waals surface area contributed by atoms with Gasteiger partial charge in [-0.3, -0.25) is 4.79 Å². The van der Waals surface area contributed by atoms with Crippen LogP contribution in [0.25, 0.3) is 0 Å². The van der Waals surface area contributed by atoms with E-state index < -0.39 is 6.10 Å². The van der Waals surface area contributed by atoms with E-state index in [0.717, 1.165) is 5.56 Å². The number of likely N-dealkylation sites (N-methyl/N-ethyl adjacent to an activating group) is 1. The molecule has 1 aromatic rings. The Kier molecular flexibility index (Phi) is 4.90. The number of hydrogen-bond donors (Lipinski definition) is 2. The van der Waals surface area contributed by atoms with E-state index in [4.69, 9.17) is 22.7 Å². The number of benzene rings is 1. The van der Waals surface area contributed by atoms with Crippen LogP contribution in [0.4, 0.5) is 0 Å². The van der Waals surface area contributed by atoms with Crippen molar-refractivity contribution in [2.75, 3.05) is 6.54 Å². The molecule has 17 heavy (non-hydrogen) atoms. The number of nitrogens with two attached hydrogens (primary N) is 1. The third-order valence-electron chi connectivity index (χ3n) is 2.15. The summed E-state index contributed by atoms with van der Waals surface area (Å²) in [4.78, 5) is 11.8. The van der Waals surface area contributed by atoms with Crippen molar-refractivity contribution in [3.8, 4) is 5.75 Å². The molecule has 0 spiro atoms. The molecule has 4 nitrogen and oxygen atoms in total. The zero-order chi connectivity index (χ0) is 12.8. The third kappa shape index (κ3) is 4.03. The van der Waals surface area contributed by atoms with E-state index >= 15 is 0 Å². The van der Waals surface area contributed by atoms with Crippen LogP contribution in [-0.2, 0) is 4.79 Å². The van der Waals surface area contributed by atoms with E-state index in [1.807, 2.05) is 6.92 Å². The summed E-state index contributed by atoms with van der Waals surface area (Å²) in [7, 11) is 0. The fraction of sp³-hybridized carbons (Fsp3) is 0.333. The Bertz CT molecular complexity index is 421. The number of ether oxygens (including phenoxy) is 1. The first-order chi connectivity index (χ1) is 8.04. The predicted molar refractivity (Wildman–Crippen MR) is 71.1 cm³/mol. The third-order valence-corrected chi connectivity index (χ3v) is 2.39. The number of hydrogen-bond acceptors (Lipinski definition) is 3. The lowest BCUT2D eigenvalue weighted by molar-refractivity contribution is -0.127. The van der Waals surface area contributed by atoms with Crippen molar-refractivity contribution < 1.29 is 9.53 Å². The molecule has 5 heteroatoms. The van der Waals surface area contributed by atoms with Gasteiger partial charge in [0.15, 0.2) is 6.10 Å². The highest BCUT2D eigenvalue weighted by Gasteiger charge is 2.13. The number of carbonyl (C=O) groups is 1. The van der Waals surface area contributed by atoms with E-state index in [1.165, 1.54) is 0 Å². The zero-order valence-electron chi connectivity index (χ0n) is 9.90. The van der Waals surface area contributed by atoms with Crippen LogP contribution in [-0.4, -0.2) is 23.5 Å². The Labute approximate surface area is 106 Å². The molecule has 3 N–H and O–H groups in total. The van der Waals surface area contributed by atoms with Crippen LogP contribution in [0.15, 0.2) is 24.3 Å². The molecule has 1 amide bonds. The molecule has 0 bridgehead atoms. The molecule has 0 radical (unpaired) electrons. The second-order valence-electron chi connectivity index (χ2n) is 3.55. The molecule has 92 valence electrons. The highest BCUT2D eigenvalue weighted by molar-refractivity contribution is 7.80. The molecule has 0 aliphatic heterocycles. The summed E-state index contributed by atoms with van der Waals surface area (Å²) >= 11 is 4.87. The lowest BCUT2D eigenvalue weighted by atomic mass is 10.2. The second kappa shape index (κ2) is 6.20. The molecule has 1 unspecified atom stereocenters. The molecular formula is C12H16N2O2S. The highest BCUT2D eigenvalue weighted by atomic mass is 32.1. The smallest absolute Gasteiger partial charge is 0.260 e. The highest BCUT2D eigenvalue weighted by Crippen LogP contribution is 2.14. The Morgan fingerprint density at radius 2 is 2.29 bits per heavy atom. The zero-order valence-corrected chi connectivity index (χ0v) is 10.7. The van der Waals surface area contributed by atoms with Gasteiger partial charge in [-0.2, -0.15) is 0 Å². The first kappa shape index (κ1) is 13.4. The number of rotatable bonds is 5. The Balaban J connectivity index is 2.71. The van der Waals surface area contributed by atoms with Gasteiger partial charge in [-0.15, -0.1) is 0 Å². The van der Waals surface area contributed by atoms with E-state index in [2.05, 4.69) is 5.32 Å². The molecule has 0 aromatic heterocycles. The minimum atomic E-state index is -0.545. The molecular weight excluding hydrogens is 236 g/mol. The van der Waals surface area contributed by atoms with Crippen molar-refractivity contribution in [2.24, 2.45) is 5.73 Å². The summed E-state index contributed by atoms with van der Waals surface area (Å²) in [5.74, 6) is 0.433. The summed E-state index contributed by atoms with van der Waals surface area (Å²) in [5.41, 5.74) is 6.24. The first-order valence-electron chi connectivity index (χ1n) is 5.38. The van der Waals surface area contributed by atoms with Crippen LogP contribution in [0.2, 0.25) is 0 Å². The Morgan fingerprint density at radius 1 is 1.59 bits per heavy atom. The molecule has 1 rings (SSSR count). The largest absolute Gasteiger partial charge is 0.481 e. The quantitative estimate of drug-likeness (QED) is 0.774. The molecule has 1 atom stereocenters. The van der Waals surface area contributed by atoms with Gasteiger partial charge in [0, 0.05) is 12.1 Å². The van der Waals surface area contributed by atoms with Crippen molar-refractivity contribution in [3.63, 3.8) is 0 Å². The molecule has 0 fully saturated rings. The standard InChI is InChI=1S/C12H16N2O2S/c1-3-14-12(15)8(2)16-10-6-4-5-9(7-10)11(13)17/h4-8H,3H2,1-2H3,(H2,13,17)(H,14,15). The van der Waals surface area contributed by atoms with E-state index in [9.17, 15) is 4.79 Å². The number of nitrogens with one attached hydrogen (secondary N) is 1. The van der Waals surface area contributed by atoms with Gasteiger partial charge in [0.2, 0.25) is 0 Å². The maximum atomic E-state index is 11.5. The molecule has 0 heterocycles. The van der Waals surface area contributed by atoms with Crippen molar-refractivity contribution in [1.29, 1.82) is 0 Å². The number of thiocarbonyl (C=S) groups is 1. The average Bonchev–Trinajstić information content (AvgIpc) is 2.29. The summed E-state index contributed by atoms with van der Waals surface area (Å²) in [5, 5.41) is 2.69. The van der Waals surface area contributed by atoms with Crippen molar-refractivity contribution >= 4 is 23.1 Å². The van der Waals surface area contributed by atoms with Gasteiger partial charge in [-0.05, 0) is 26.0 Å². The van der Waals surface area contributed by atoms with Gasteiger partial charge in [-0.1, -0.05) is 24.4 Å². The van der Waals surface area contributed by atoms with Gasteiger partial charge >= 0.3 is 0 Å².